The molecule has 0 aliphatic rings. The normalized spacial score (nSPS) is 9.94. The lowest BCUT2D eigenvalue weighted by atomic mass is 10.1. The quantitative estimate of drug-likeness (QED) is 0.446. The van der Waals surface area contributed by atoms with Gasteiger partial charge in [-0.2, -0.15) is 5.48 Å². The number of benzene rings is 1. The summed E-state index contributed by atoms with van der Waals surface area (Å²) in [5.74, 6) is -0.324. The highest BCUT2D eigenvalue weighted by molar-refractivity contribution is 6.05. The zero-order valence-electron chi connectivity index (χ0n) is 9.53. The number of hydrogen-bond donors (Lipinski definition) is 2. The number of ketones is 1. The van der Waals surface area contributed by atoms with Gasteiger partial charge in [0.05, 0.1) is 7.11 Å². The minimum Gasteiger partial charge on any atom is -0.321 e. The fourth-order valence-electron chi connectivity index (χ4n) is 1.40. The molecule has 3 N–H and O–H groups in total. The second kappa shape index (κ2) is 5.39. The number of nitrogens with one attached hydrogen (secondary N) is 1. The summed E-state index contributed by atoms with van der Waals surface area (Å²) in [6.07, 6.45) is 0. The first-order chi connectivity index (χ1) is 7.56. The first kappa shape index (κ1) is 12.4. The first-order valence-corrected chi connectivity index (χ1v) is 4.83. The highest BCUT2D eigenvalue weighted by Crippen LogP contribution is 2.22. The zero-order valence-corrected chi connectivity index (χ0v) is 9.53. The SMILES string of the molecule is CO[NH2+]c1cccc(C(C)=O)c1NC(C)=O. The molecule has 1 aromatic rings. The lowest BCUT2D eigenvalue weighted by Gasteiger charge is -2.09. The third-order valence-corrected chi connectivity index (χ3v) is 2.02. The molecule has 16 heavy (non-hydrogen) atoms. The van der Waals surface area contributed by atoms with Crippen LogP contribution in [0.3, 0.4) is 0 Å². The minimum absolute atomic E-state index is 0.102. The van der Waals surface area contributed by atoms with E-state index in [0.717, 1.165) is 0 Å². The van der Waals surface area contributed by atoms with Gasteiger partial charge < -0.3 is 5.32 Å². The third-order valence-electron chi connectivity index (χ3n) is 2.02. The molecule has 0 saturated heterocycles. The van der Waals surface area contributed by atoms with E-state index < -0.39 is 0 Å². The Morgan fingerprint density at radius 2 is 2.00 bits per heavy atom. The standard InChI is InChI=1S/C11H14N2O3/c1-7(14)9-5-4-6-10(13-16-3)11(9)12-8(2)15/h4-6,13H,1-3H3,(H,12,15)/p+1. The van der Waals surface area contributed by atoms with Gasteiger partial charge in [0.25, 0.3) is 0 Å². The van der Waals surface area contributed by atoms with Gasteiger partial charge in [-0.15, -0.1) is 0 Å². The summed E-state index contributed by atoms with van der Waals surface area (Å²) < 4.78 is 0. The smallest absolute Gasteiger partial charge is 0.221 e. The molecule has 0 aromatic heterocycles. The Morgan fingerprint density at radius 1 is 1.31 bits per heavy atom. The van der Waals surface area contributed by atoms with Crippen molar-refractivity contribution >= 4 is 23.1 Å². The van der Waals surface area contributed by atoms with E-state index in [1.165, 1.54) is 26.4 Å². The Balaban J connectivity index is 3.22. The molecular weight excluding hydrogens is 208 g/mol. The number of anilines is 1. The Hall–Kier alpha value is -1.72. The number of amides is 1. The molecule has 1 rings (SSSR count). The fourth-order valence-corrected chi connectivity index (χ4v) is 1.40. The number of carbonyl (C=O) groups is 2. The highest BCUT2D eigenvalue weighted by atomic mass is 16.6. The lowest BCUT2D eigenvalue weighted by molar-refractivity contribution is -0.829. The van der Waals surface area contributed by atoms with Crippen LogP contribution in [0.5, 0.6) is 0 Å². The molecular formula is C11H15N2O3+. The summed E-state index contributed by atoms with van der Waals surface area (Å²) in [6.45, 7) is 2.85. The van der Waals surface area contributed by atoms with Crippen LogP contribution in [0.15, 0.2) is 18.2 Å². The van der Waals surface area contributed by atoms with E-state index in [9.17, 15) is 9.59 Å². The number of para-hydroxylation sites is 1. The molecule has 5 heteroatoms. The summed E-state index contributed by atoms with van der Waals surface area (Å²) in [5, 5.41) is 2.64. The maximum atomic E-state index is 11.4. The van der Waals surface area contributed by atoms with Crippen LogP contribution >= 0.6 is 0 Å². The average molecular weight is 223 g/mol. The van der Waals surface area contributed by atoms with E-state index in [0.29, 0.717) is 16.9 Å². The van der Waals surface area contributed by atoms with Crippen LogP contribution in [-0.4, -0.2) is 18.8 Å². The molecule has 0 atom stereocenters. The molecule has 1 aromatic carbocycles. The van der Waals surface area contributed by atoms with Crippen molar-refractivity contribution in [2.24, 2.45) is 0 Å². The van der Waals surface area contributed by atoms with E-state index in [1.807, 2.05) is 0 Å². The van der Waals surface area contributed by atoms with Gasteiger partial charge >= 0.3 is 0 Å². The number of hydrogen-bond acceptors (Lipinski definition) is 3. The zero-order chi connectivity index (χ0) is 12.1. The van der Waals surface area contributed by atoms with Crippen molar-refractivity contribution in [1.29, 1.82) is 0 Å². The van der Waals surface area contributed by atoms with E-state index in [2.05, 4.69) is 5.32 Å². The van der Waals surface area contributed by atoms with Crippen LogP contribution in [-0.2, 0) is 9.63 Å². The molecule has 0 aliphatic carbocycles. The lowest BCUT2D eigenvalue weighted by Crippen LogP contribution is -2.76. The topological polar surface area (TPSA) is 72.0 Å². The molecule has 5 nitrogen and oxygen atoms in total. The van der Waals surface area contributed by atoms with Crippen LogP contribution in [0.25, 0.3) is 0 Å². The number of carbonyl (C=O) groups excluding carboxylic acids is 2. The maximum Gasteiger partial charge on any atom is 0.221 e. The monoisotopic (exact) mass is 223 g/mol. The van der Waals surface area contributed by atoms with Crippen LogP contribution in [0.4, 0.5) is 11.4 Å². The second-order valence-electron chi connectivity index (χ2n) is 3.36. The van der Waals surface area contributed by atoms with Gasteiger partial charge in [0.2, 0.25) is 5.91 Å². The van der Waals surface area contributed by atoms with Gasteiger partial charge in [-0.05, 0) is 13.0 Å². The van der Waals surface area contributed by atoms with Crippen LogP contribution < -0.4 is 10.8 Å². The molecule has 0 heterocycles. The molecule has 1 amide bonds. The van der Waals surface area contributed by atoms with E-state index >= 15 is 0 Å². The molecule has 0 aliphatic heterocycles. The van der Waals surface area contributed by atoms with E-state index in [-0.39, 0.29) is 11.7 Å². The van der Waals surface area contributed by atoms with Crippen molar-refractivity contribution in [2.75, 3.05) is 12.4 Å². The average Bonchev–Trinajstić information content (AvgIpc) is 2.19. The molecule has 0 fully saturated rings. The molecule has 0 saturated carbocycles. The number of nitrogens with two attached hydrogens (primary N) is 1. The summed E-state index contributed by atoms with van der Waals surface area (Å²) in [4.78, 5) is 27.4. The van der Waals surface area contributed by atoms with Crippen molar-refractivity contribution in [1.82, 2.24) is 0 Å². The first-order valence-electron chi connectivity index (χ1n) is 4.83. The van der Waals surface area contributed by atoms with Crippen LogP contribution in [0.1, 0.15) is 24.2 Å². The minimum atomic E-state index is -0.223. The Kier molecular flexibility index (Phi) is 4.16. The second-order valence-corrected chi connectivity index (χ2v) is 3.36. The van der Waals surface area contributed by atoms with Gasteiger partial charge in [-0.1, -0.05) is 6.07 Å². The maximum absolute atomic E-state index is 11.4. The summed E-state index contributed by atoms with van der Waals surface area (Å²) in [6, 6.07) is 5.18. The number of quaternary nitrogens is 1. The van der Waals surface area contributed by atoms with E-state index in [4.69, 9.17) is 4.84 Å². The van der Waals surface area contributed by atoms with Crippen molar-refractivity contribution in [3.8, 4) is 0 Å². The molecule has 0 radical (unpaired) electrons. The number of Topliss-reactive ketones (excluding diaryl/α,β-unsaturated/α-hetero) is 1. The van der Waals surface area contributed by atoms with E-state index in [1.54, 1.807) is 18.2 Å². The predicted octanol–water partition coefficient (Wildman–Crippen LogP) is 0.604. The van der Waals surface area contributed by atoms with Gasteiger partial charge in [-0.3, -0.25) is 9.59 Å². The van der Waals surface area contributed by atoms with Crippen molar-refractivity contribution < 1.29 is 19.9 Å². The molecule has 0 unspecified atom stereocenters. The van der Waals surface area contributed by atoms with Crippen LogP contribution in [0.2, 0.25) is 0 Å². The molecule has 86 valence electrons. The fraction of sp³-hybridized carbons (Fsp3) is 0.273. The van der Waals surface area contributed by atoms with Gasteiger partial charge in [0, 0.05) is 18.6 Å². The van der Waals surface area contributed by atoms with Gasteiger partial charge in [0.1, 0.15) is 5.69 Å². The molecule has 0 bridgehead atoms. The number of rotatable bonds is 4. The largest absolute Gasteiger partial charge is 0.321 e. The predicted molar refractivity (Wildman–Crippen MR) is 59.3 cm³/mol. The summed E-state index contributed by atoms with van der Waals surface area (Å²) in [7, 11) is 1.51. The highest BCUT2D eigenvalue weighted by Gasteiger charge is 2.15. The van der Waals surface area contributed by atoms with Crippen molar-refractivity contribution in [3.05, 3.63) is 23.8 Å². The summed E-state index contributed by atoms with van der Waals surface area (Å²) >= 11 is 0. The summed E-state index contributed by atoms with van der Waals surface area (Å²) in [5.41, 5.74) is 3.12. The molecule has 0 spiro atoms. The van der Waals surface area contributed by atoms with Crippen molar-refractivity contribution in [2.45, 2.75) is 13.8 Å². The third kappa shape index (κ3) is 2.88. The van der Waals surface area contributed by atoms with Crippen LogP contribution in [0, 0.1) is 0 Å². The van der Waals surface area contributed by atoms with Crippen molar-refractivity contribution in [3.63, 3.8) is 0 Å². The van der Waals surface area contributed by atoms with Gasteiger partial charge in [0.15, 0.2) is 11.5 Å². The van der Waals surface area contributed by atoms with Gasteiger partial charge in [-0.25, -0.2) is 4.84 Å². The Morgan fingerprint density at radius 3 is 2.50 bits per heavy atom. The Labute approximate surface area is 93.7 Å². The Bertz CT molecular complexity index is 416.